The second-order valence-electron chi connectivity index (χ2n) is 9.17. The zero-order chi connectivity index (χ0) is 24.6. The molecule has 0 saturated heterocycles. The second kappa shape index (κ2) is 9.17. The smallest absolute Gasteiger partial charge is 0.207 e. The first-order chi connectivity index (χ1) is 17.6. The Morgan fingerprint density at radius 2 is 1.53 bits per heavy atom. The molecule has 0 N–H and O–H groups in total. The molecule has 0 spiro atoms. The molecule has 0 saturated carbocycles. The summed E-state index contributed by atoms with van der Waals surface area (Å²) in [5.74, 6) is 0. The van der Waals surface area contributed by atoms with Crippen molar-refractivity contribution in [3.05, 3.63) is 112 Å². The highest BCUT2D eigenvalue weighted by atomic mass is 32.1. The van der Waals surface area contributed by atoms with Crippen LogP contribution in [0.5, 0.6) is 0 Å². The van der Waals surface area contributed by atoms with Gasteiger partial charge in [-0.1, -0.05) is 83.1 Å². The number of hydrogen-bond donors (Lipinski definition) is 0. The summed E-state index contributed by atoms with van der Waals surface area (Å²) < 4.78 is 1.89. The molecule has 5 aromatic rings. The van der Waals surface area contributed by atoms with Gasteiger partial charge >= 0.3 is 0 Å². The molecule has 0 aliphatic carbocycles. The van der Waals surface area contributed by atoms with Crippen molar-refractivity contribution in [2.45, 2.75) is 33.2 Å². The fourth-order valence-corrected chi connectivity index (χ4v) is 5.35. The van der Waals surface area contributed by atoms with Gasteiger partial charge in [0.1, 0.15) is 5.69 Å². The Hall–Kier alpha value is -4.10. The molecule has 1 atom stereocenters. The van der Waals surface area contributed by atoms with Crippen molar-refractivity contribution in [2.75, 3.05) is 5.01 Å². The van der Waals surface area contributed by atoms with E-state index >= 15 is 0 Å². The summed E-state index contributed by atoms with van der Waals surface area (Å²) in [6.45, 7) is 6.24. The summed E-state index contributed by atoms with van der Waals surface area (Å²) in [5, 5.41) is 19.1. The highest BCUT2D eigenvalue weighted by molar-refractivity contribution is 7.14. The quantitative estimate of drug-likeness (QED) is 0.276. The van der Waals surface area contributed by atoms with Gasteiger partial charge in [0, 0.05) is 17.4 Å². The predicted octanol–water partition coefficient (Wildman–Crippen LogP) is 6.67. The summed E-state index contributed by atoms with van der Waals surface area (Å²) in [6.07, 6.45) is 0.733. The molecule has 0 fully saturated rings. The number of hydrazone groups is 1. The largest absolute Gasteiger partial charge is 0.231 e. The van der Waals surface area contributed by atoms with Crippen LogP contribution in [0, 0.1) is 20.8 Å². The Balaban J connectivity index is 1.39. The maximum atomic E-state index is 5.08. The molecule has 0 radical (unpaired) electrons. The first-order valence-corrected chi connectivity index (χ1v) is 12.9. The molecule has 0 bridgehead atoms. The van der Waals surface area contributed by atoms with Crippen LogP contribution >= 0.6 is 11.3 Å². The molecule has 3 heterocycles. The maximum Gasteiger partial charge on any atom is 0.207 e. The normalized spacial score (nSPS) is 15.4. The number of hydrogen-bond acceptors (Lipinski definition) is 6. The van der Waals surface area contributed by atoms with E-state index in [0.29, 0.717) is 0 Å². The molecule has 7 heteroatoms. The first-order valence-electron chi connectivity index (χ1n) is 12.0. The van der Waals surface area contributed by atoms with E-state index in [1.54, 1.807) is 11.3 Å². The number of benzene rings is 3. The van der Waals surface area contributed by atoms with Crippen molar-refractivity contribution in [1.82, 2.24) is 20.0 Å². The van der Waals surface area contributed by atoms with Crippen molar-refractivity contribution in [1.29, 1.82) is 0 Å². The molecule has 1 aliphatic rings. The van der Waals surface area contributed by atoms with E-state index in [0.717, 1.165) is 45.6 Å². The highest BCUT2D eigenvalue weighted by Crippen LogP contribution is 2.39. The summed E-state index contributed by atoms with van der Waals surface area (Å²) in [5.41, 5.74) is 9.45. The van der Waals surface area contributed by atoms with Crippen LogP contribution in [0.25, 0.3) is 16.9 Å². The van der Waals surface area contributed by atoms with Crippen LogP contribution in [0.1, 0.15) is 40.5 Å². The van der Waals surface area contributed by atoms with Crippen LogP contribution < -0.4 is 5.01 Å². The highest BCUT2D eigenvalue weighted by Gasteiger charge is 2.34. The van der Waals surface area contributed by atoms with Crippen molar-refractivity contribution >= 4 is 22.2 Å². The lowest BCUT2D eigenvalue weighted by Gasteiger charge is -2.21. The lowest BCUT2D eigenvalue weighted by Crippen LogP contribution is -2.18. The van der Waals surface area contributed by atoms with E-state index in [9.17, 15) is 0 Å². The second-order valence-corrected chi connectivity index (χ2v) is 10.0. The number of aryl methyl sites for hydroxylation is 2. The van der Waals surface area contributed by atoms with Gasteiger partial charge in [0.15, 0.2) is 0 Å². The van der Waals surface area contributed by atoms with Gasteiger partial charge in [-0.25, -0.2) is 14.7 Å². The molecule has 0 amide bonds. The predicted molar refractivity (Wildman–Crippen MR) is 146 cm³/mol. The Bertz CT molecular complexity index is 1530. The van der Waals surface area contributed by atoms with Gasteiger partial charge in [-0.15, -0.1) is 16.4 Å². The molecular formula is C29H26N6S. The Labute approximate surface area is 214 Å². The van der Waals surface area contributed by atoms with Crippen LogP contribution in [0.15, 0.2) is 89.3 Å². The number of rotatable bonds is 5. The monoisotopic (exact) mass is 490 g/mol. The molecule has 6 nitrogen and oxygen atoms in total. The molecule has 6 rings (SSSR count). The van der Waals surface area contributed by atoms with Crippen molar-refractivity contribution in [3.8, 4) is 16.9 Å². The Morgan fingerprint density at radius 3 is 2.25 bits per heavy atom. The lowest BCUT2D eigenvalue weighted by atomic mass is 9.99. The zero-order valence-electron chi connectivity index (χ0n) is 20.5. The standard InChI is InChI=1S/C29H26N6S/c1-19-9-13-23(14-10-19)27-17-25(28-21(3)34(33-31-28)24-15-11-20(2)12-16-24)32-35(27)29-30-26(18-36-29)22-7-5-4-6-8-22/h4-16,18,27H,17H2,1-3H3. The van der Waals surface area contributed by atoms with Crippen molar-refractivity contribution in [2.24, 2.45) is 5.10 Å². The van der Waals surface area contributed by atoms with Crippen LogP contribution in [-0.4, -0.2) is 25.7 Å². The van der Waals surface area contributed by atoms with Gasteiger partial charge < -0.3 is 0 Å². The third-order valence-corrected chi connectivity index (χ3v) is 7.41. The van der Waals surface area contributed by atoms with Gasteiger partial charge in [-0.2, -0.15) is 5.10 Å². The molecule has 2 aromatic heterocycles. The topological polar surface area (TPSA) is 59.2 Å². The summed E-state index contributed by atoms with van der Waals surface area (Å²) >= 11 is 1.61. The van der Waals surface area contributed by atoms with Gasteiger partial charge in [0.25, 0.3) is 0 Å². The van der Waals surface area contributed by atoms with Crippen LogP contribution in [0.3, 0.4) is 0 Å². The Kier molecular flexibility index (Phi) is 5.70. The number of anilines is 1. The molecule has 36 heavy (non-hydrogen) atoms. The van der Waals surface area contributed by atoms with E-state index in [1.165, 1.54) is 16.7 Å². The van der Waals surface area contributed by atoms with Gasteiger partial charge in [0.05, 0.1) is 28.8 Å². The van der Waals surface area contributed by atoms with E-state index < -0.39 is 0 Å². The van der Waals surface area contributed by atoms with Crippen molar-refractivity contribution < 1.29 is 0 Å². The first kappa shape index (κ1) is 22.4. The van der Waals surface area contributed by atoms with E-state index in [2.05, 4.69) is 102 Å². The van der Waals surface area contributed by atoms with Gasteiger partial charge in [-0.3, -0.25) is 0 Å². The van der Waals surface area contributed by atoms with Crippen LogP contribution in [-0.2, 0) is 0 Å². The molecule has 3 aromatic carbocycles. The molecule has 1 unspecified atom stereocenters. The fourth-order valence-electron chi connectivity index (χ4n) is 4.52. The Morgan fingerprint density at radius 1 is 0.833 bits per heavy atom. The minimum absolute atomic E-state index is 0.0410. The average Bonchev–Trinajstić information content (AvgIpc) is 3.64. The van der Waals surface area contributed by atoms with Crippen LogP contribution in [0.2, 0.25) is 0 Å². The lowest BCUT2D eigenvalue weighted by molar-refractivity contribution is 0.706. The van der Waals surface area contributed by atoms with E-state index in [4.69, 9.17) is 10.1 Å². The maximum absolute atomic E-state index is 5.08. The molecular weight excluding hydrogens is 464 g/mol. The summed E-state index contributed by atoms with van der Waals surface area (Å²) in [4.78, 5) is 4.96. The fraction of sp³-hybridized carbons (Fsp3) is 0.172. The van der Waals surface area contributed by atoms with Crippen LogP contribution in [0.4, 0.5) is 5.13 Å². The minimum Gasteiger partial charge on any atom is -0.231 e. The van der Waals surface area contributed by atoms with Gasteiger partial charge in [-0.05, 0) is 38.5 Å². The molecule has 1 aliphatic heterocycles. The third kappa shape index (κ3) is 4.12. The number of thiazole rings is 1. The minimum atomic E-state index is 0.0410. The summed E-state index contributed by atoms with van der Waals surface area (Å²) in [6, 6.07) is 27.3. The van der Waals surface area contributed by atoms with E-state index in [1.807, 2.05) is 22.9 Å². The SMILES string of the molecule is Cc1ccc(C2CC(c3nnn(-c4ccc(C)cc4)c3C)=NN2c2nc(-c3ccccc3)cs2)cc1. The number of aromatic nitrogens is 4. The van der Waals surface area contributed by atoms with E-state index in [-0.39, 0.29) is 6.04 Å². The average molecular weight is 491 g/mol. The third-order valence-electron chi connectivity index (χ3n) is 6.58. The van der Waals surface area contributed by atoms with Crippen molar-refractivity contribution in [3.63, 3.8) is 0 Å². The zero-order valence-corrected chi connectivity index (χ0v) is 21.3. The number of nitrogens with zero attached hydrogens (tertiary/aromatic N) is 6. The summed E-state index contributed by atoms with van der Waals surface area (Å²) in [7, 11) is 0. The van der Waals surface area contributed by atoms with Gasteiger partial charge in [0.2, 0.25) is 5.13 Å². The molecule has 178 valence electrons.